The number of hydrogen-bond acceptors (Lipinski definition) is 0. The van der Waals surface area contributed by atoms with Gasteiger partial charge in [-0.25, -0.2) is 0 Å². The molecule has 0 saturated heterocycles. The topological polar surface area (TPSA) is 0 Å². The van der Waals surface area contributed by atoms with Gasteiger partial charge >= 0.3 is 0 Å². The Hall–Kier alpha value is 0. The summed E-state index contributed by atoms with van der Waals surface area (Å²) >= 11 is 0. The summed E-state index contributed by atoms with van der Waals surface area (Å²) < 4.78 is 0. The molecule has 0 aromatic rings. The van der Waals surface area contributed by atoms with Crippen molar-refractivity contribution in [2.45, 2.75) is 53.4 Å². The third-order valence-corrected chi connectivity index (χ3v) is 4.15. The summed E-state index contributed by atoms with van der Waals surface area (Å²) in [4.78, 5) is 0. The predicted molar refractivity (Wildman–Crippen MR) is 53.0 cm³/mol. The minimum Gasteiger partial charge on any atom is -0.0625 e. The fourth-order valence-corrected chi connectivity index (χ4v) is 3.35. The van der Waals surface area contributed by atoms with Crippen LogP contribution >= 0.6 is 0 Å². The molecule has 0 atom stereocenters. The first-order chi connectivity index (χ1) is 5.41. The predicted octanol–water partition coefficient (Wildman–Crippen LogP) is 3.86. The van der Waals surface area contributed by atoms with Crippen molar-refractivity contribution in [3.8, 4) is 0 Å². The van der Waals surface area contributed by atoms with E-state index in [-0.39, 0.29) is 0 Å². The molecule has 12 heavy (non-hydrogen) atoms. The van der Waals surface area contributed by atoms with E-state index in [9.17, 15) is 0 Å². The van der Waals surface area contributed by atoms with E-state index in [1.807, 2.05) is 0 Å². The molecule has 0 bridgehead atoms. The van der Waals surface area contributed by atoms with Gasteiger partial charge in [0.05, 0.1) is 0 Å². The molecule has 0 aromatic carbocycles. The van der Waals surface area contributed by atoms with Gasteiger partial charge in [-0.15, -0.1) is 0 Å². The molecule has 2 fully saturated rings. The van der Waals surface area contributed by atoms with Crippen molar-refractivity contribution >= 4 is 0 Å². The van der Waals surface area contributed by atoms with E-state index < -0.39 is 0 Å². The van der Waals surface area contributed by atoms with Crippen molar-refractivity contribution in [3.63, 3.8) is 0 Å². The molecule has 0 amide bonds. The molecule has 0 heterocycles. The molecule has 0 heteroatoms. The minimum absolute atomic E-state index is 0.573. The van der Waals surface area contributed by atoms with E-state index in [0.717, 1.165) is 17.3 Å². The second kappa shape index (κ2) is 2.27. The lowest BCUT2D eigenvalue weighted by Crippen LogP contribution is -2.50. The molecule has 0 aromatic heterocycles. The maximum atomic E-state index is 2.40. The van der Waals surface area contributed by atoms with E-state index in [4.69, 9.17) is 0 Å². The van der Waals surface area contributed by atoms with Gasteiger partial charge in [0.15, 0.2) is 0 Å². The first kappa shape index (κ1) is 8.59. The largest absolute Gasteiger partial charge is 0.0625 e. The quantitative estimate of drug-likeness (QED) is 0.512. The van der Waals surface area contributed by atoms with E-state index in [1.165, 1.54) is 25.7 Å². The van der Waals surface area contributed by atoms with Crippen molar-refractivity contribution in [2.24, 2.45) is 22.7 Å². The van der Waals surface area contributed by atoms with Crippen LogP contribution in [0, 0.1) is 22.7 Å². The van der Waals surface area contributed by atoms with Crippen LogP contribution in [0.3, 0.4) is 0 Å². The summed E-state index contributed by atoms with van der Waals surface area (Å²) in [5, 5.41) is 0. The zero-order valence-corrected chi connectivity index (χ0v) is 8.98. The van der Waals surface area contributed by atoms with Gasteiger partial charge in [0.25, 0.3) is 0 Å². The monoisotopic (exact) mass is 166 g/mol. The van der Waals surface area contributed by atoms with Crippen molar-refractivity contribution < 1.29 is 0 Å². The molecule has 0 N–H and O–H groups in total. The van der Waals surface area contributed by atoms with Gasteiger partial charge in [-0.3, -0.25) is 0 Å². The number of hydrogen-bond donors (Lipinski definition) is 0. The molecule has 2 aliphatic carbocycles. The molecule has 0 radical (unpaired) electrons. The minimum atomic E-state index is 0.573. The van der Waals surface area contributed by atoms with Crippen molar-refractivity contribution in [2.75, 3.05) is 0 Å². The van der Waals surface area contributed by atoms with Gasteiger partial charge in [0, 0.05) is 0 Å². The standard InChI is InChI=1S/C12H22/c1-9-5-12(6-9)7-10(8-12)11(2,3)4/h9-10H,5-8H2,1-4H3. The Kier molecular flexibility index (Phi) is 1.63. The van der Waals surface area contributed by atoms with Crippen LogP contribution in [-0.4, -0.2) is 0 Å². The lowest BCUT2D eigenvalue weighted by atomic mass is 9.45. The normalized spacial score (nSPS) is 47.0. The highest BCUT2D eigenvalue weighted by atomic mass is 14.6. The summed E-state index contributed by atoms with van der Waals surface area (Å²) in [6.45, 7) is 9.58. The fourth-order valence-electron chi connectivity index (χ4n) is 3.35. The van der Waals surface area contributed by atoms with Crippen LogP contribution < -0.4 is 0 Å². The summed E-state index contributed by atoms with van der Waals surface area (Å²) in [6, 6.07) is 0. The average molecular weight is 166 g/mol. The highest BCUT2D eigenvalue weighted by Crippen LogP contribution is 2.64. The molecule has 1 spiro atoms. The molecule has 0 nitrogen and oxygen atoms in total. The molecule has 2 aliphatic rings. The van der Waals surface area contributed by atoms with Crippen LogP contribution in [0.4, 0.5) is 0 Å². The zero-order valence-electron chi connectivity index (χ0n) is 8.98. The summed E-state index contributed by atoms with van der Waals surface area (Å²) in [5.74, 6) is 2.05. The Labute approximate surface area is 76.7 Å². The van der Waals surface area contributed by atoms with Gasteiger partial charge in [-0.1, -0.05) is 27.7 Å². The average Bonchev–Trinajstić information content (AvgIpc) is 1.71. The van der Waals surface area contributed by atoms with Gasteiger partial charge < -0.3 is 0 Å². The third-order valence-electron chi connectivity index (χ3n) is 4.15. The summed E-state index contributed by atoms with van der Waals surface area (Å²) in [5.41, 5.74) is 1.42. The summed E-state index contributed by atoms with van der Waals surface area (Å²) in [7, 11) is 0. The highest BCUT2D eigenvalue weighted by molar-refractivity contribution is 5.04. The van der Waals surface area contributed by atoms with E-state index in [2.05, 4.69) is 27.7 Å². The Morgan fingerprint density at radius 2 is 1.50 bits per heavy atom. The lowest BCUT2D eigenvalue weighted by molar-refractivity contribution is -0.0981. The number of rotatable bonds is 0. The maximum Gasteiger partial charge on any atom is -0.0287 e. The first-order valence-electron chi connectivity index (χ1n) is 5.41. The van der Waals surface area contributed by atoms with E-state index in [1.54, 1.807) is 0 Å². The second-order valence-corrected chi connectivity index (χ2v) is 6.48. The highest BCUT2D eigenvalue weighted by Gasteiger charge is 2.53. The first-order valence-corrected chi connectivity index (χ1v) is 5.41. The zero-order chi connectivity index (χ0) is 8.98. The van der Waals surface area contributed by atoms with Crippen molar-refractivity contribution in [3.05, 3.63) is 0 Å². The fraction of sp³-hybridized carbons (Fsp3) is 1.00. The third kappa shape index (κ3) is 1.20. The summed E-state index contributed by atoms with van der Waals surface area (Å²) in [6.07, 6.45) is 6.11. The Bertz CT molecular complexity index is 171. The van der Waals surface area contributed by atoms with Gasteiger partial charge in [-0.05, 0) is 48.3 Å². The lowest BCUT2D eigenvalue weighted by Gasteiger charge is -2.60. The van der Waals surface area contributed by atoms with E-state index in [0.29, 0.717) is 5.41 Å². The SMILES string of the molecule is CC1CC2(C1)CC(C(C)(C)C)C2. The van der Waals surface area contributed by atoms with Gasteiger partial charge in [-0.2, -0.15) is 0 Å². The molecule has 2 rings (SSSR count). The Balaban J connectivity index is 1.85. The molecular formula is C12H22. The molecular weight excluding hydrogens is 144 g/mol. The molecule has 0 aliphatic heterocycles. The van der Waals surface area contributed by atoms with Crippen LogP contribution in [0.15, 0.2) is 0 Å². The van der Waals surface area contributed by atoms with Crippen molar-refractivity contribution in [1.29, 1.82) is 0 Å². The molecule has 2 saturated carbocycles. The van der Waals surface area contributed by atoms with Crippen LogP contribution in [0.2, 0.25) is 0 Å². The Morgan fingerprint density at radius 1 is 1.00 bits per heavy atom. The van der Waals surface area contributed by atoms with Crippen LogP contribution in [0.1, 0.15) is 53.4 Å². The van der Waals surface area contributed by atoms with Crippen LogP contribution in [0.5, 0.6) is 0 Å². The van der Waals surface area contributed by atoms with Gasteiger partial charge in [0.1, 0.15) is 0 Å². The van der Waals surface area contributed by atoms with Crippen molar-refractivity contribution in [1.82, 2.24) is 0 Å². The maximum absolute atomic E-state index is 2.40. The molecule has 70 valence electrons. The smallest absolute Gasteiger partial charge is 0.0287 e. The second-order valence-electron chi connectivity index (χ2n) is 6.48. The Morgan fingerprint density at radius 3 is 1.83 bits per heavy atom. The van der Waals surface area contributed by atoms with Crippen LogP contribution in [0.25, 0.3) is 0 Å². The van der Waals surface area contributed by atoms with Gasteiger partial charge in [0.2, 0.25) is 0 Å². The molecule has 0 unspecified atom stereocenters. The van der Waals surface area contributed by atoms with Crippen LogP contribution in [-0.2, 0) is 0 Å². The van der Waals surface area contributed by atoms with E-state index >= 15 is 0 Å².